The van der Waals surface area contributed by atoms with E-state index in [9.17, 15) is 9.18 Å². The molecular formula is C14H17BrFNO2. The molecule has 1 fully saturated rings. The van der Waals surface area contributed by atoms with Crippen LogP contribution in [-0.2, 0) is 11.3 Å². The second-order valence-electron chi connectivity index (χ2n) is 5.13. The minimum atomic E-state index is -0.698. The Balaban J connectivity index is 2.00. The van der Waals surface area contributed by atoms with Crippen LogP contribution >= 0.6 is 15.9 Å². The number of rotatable bonds is 3. The Kier molecular flexibility index (Phi) is 4.58. The number of likely N-dealkylation sites (tertiary alicyclic amines) is 1. The van der Waals surface area contributed by atoms with Crippen molar-refractivity contribution >= 4 is 21.9 Å². The number of carboxylic acid groups (broad SMARTS) is 1. The van der Waals surface area contributed by atoms with E-state index in [2.05, 4.69) is 20.8 Å². The summed E-state index contributed by atoms with van der Waals surface area (Å²) in [6, 6.07) is 5.24. The normalized spacial score (nSPS) is 24.4. The summed E-state index contributed by atoms with van der Waals surface area (Å²) in [6.45, 7) is 3.55. The Labute approximate surface area is 120 Å². The summed E-state index contributed by atoms with van der Waals surface area (Å²) in [5.41, 5.74) is 1.04. The second-order valence-corrected chi connectivity index (χ2v) is 5.98. The monoisotopic (exact) mass is 329 g/mol. The Bertz CT molecular complexity index is 481. The van der Waals surface area contributed by atoms with Crippen molar-refractivity contribution in [1.82, 2.24) is 4.90 Å². The first-order valence-electron chi connectivity index (χ1n) is 6.38. The van der Waals surface area contributed by atoms with Crippen LogP contribution in [0.15, 0.2) is 22.7 Å². The molecule has 0 aromatic heterocycles. The van der Waals surface area contributed by atoms with E-state index in [1.165, 1.54) is 6.07 Å². The highest BCUT2D eigenvalue weighted by molar-refractivity contribution is 9.10. The third-order valence-corrected chi connectivity index (χ3v) is 4.34. The fourth-order valence-corrected chi connectivity index (χ4v) is 2.98. The second kappa shape index (κ2) is 6.01. The Morgan fingerprint density at radius 1 is 1.58 bits per heavy atom. The van der Waals surface area contributed by atoms with Gasteiger partial charge in [0.15, 0.2) is 0 Å². The van der Waals surface area contributed by atoms with Crippen molar-refractivity contribution in [2.75, 3.05) is 6.54 Å². The van der Waals surface area contributed by atoms with Crippen molar-refractivity contribution in [3.63, 3.8) is 0 Å². The summed E-state index contributed by atoms with van der Waals surface area (Å²) in [6.07, 6.45) is 1.36. The molecule has 0 saturated carbocycles. The van der Waals surface area contributed by atoms with Gasteiger partial charge < -0.3 is 5.11 Å². The minimum Gasteiger partial charge on any atom is -0.481 e. The number of carboxylic acids is 1. The first-order valence-corrected chi connectivity index (χ1v) is 7.17. The van der Waals surface area contributed by atoms with Gasteiger partial charge in [0.2, 0.25) is 0 Å². The van der Waals surface area contributed by atoms with Gasteiger partial charge in [-0.2, -0.15) is 0 Å². The molecule has 104 valence electrons. The van der Waals surface area contributed by atoms with Gasteiger partial charge in [0.25, 0.3) is 0 Å². The van der Waals surface area contributed by atoms with Crippen LogP contribution in [0.5, 0.6) is 0 Å². The number of piperidine rings is 1. The van der Waals surface area contributed by atoms with Gasteiger partial charge >= 0.3 is 5.97 Å². The molecule has 19 heavy (non-hydrogen) atoms. The van der Waals surface area contributed by atoms with Gasteiger partial charge in [0, 0.05) is 12.6 Å². The maximum absolute atomic E-state index is 13.2. The third-order valence-electron chi connectivity index (χ3n) is 3.73. The van der Waals surface area contributed by atoms with Crippen LogP contribution in [-0.4, -0.2) is 28.6 Å². The van der Waals surface area contributed by atoms with Gasteiger partial charge in [0.05, 0.1) is 10.4 Å². The van der Waals surface area contributed by atoms with Gasteiger partial charge in [-0.1, -0.05) is 6.07 Å². The van der Waals surface area contributed by atoms with E-state index in [0.29, 0.717) is 17.3 Å². The van der Waals surface area contributed by atoms with Gasteiger partial charge in [0.1, 0.15) is 5.82 Å². The molecule has 1 heterocycles. The van der Waals surface area contributed by atoms with Crippen molar-refractivity contribution < 1.29 is 14.3 Å². The highest BCUT2D eigenvalue weighted by Gasteiger charge is 2.29. The zero-order chi connectivity index (χ0) is 14.0. The zero-order valence-electron chi connectivity index (χ0n) is 10.8. The number of halogens is 2. The van der Waals surface area contributed by atoms with Gasteiger partial charge in [-0.25, -0.2) is 4.39 Å². The first-order chi connectivity index (χ1) is 8.97. The van der Waals surface area contributed by atoms with Crippen LogP contribution in [0.2, 0.25) is 0 Å². The van der Waals surface area contributed by atoms with E-state index < -0.39 is 5.97 Å². The molecule has 0 bridgehead atoms. The summed E-state index contributed by atoms with van der Waals surface area (Å²) >= 11 is 3.18. The van der Waals surface area contributed by atoms with Crippen LogP contribution in [0.3, 0.4) is 0 Å². The highest BCUT2D eigenvalue weighted by Crippen LogP contribution is 2.25. The van der Waals surface area contributed by atoms with E-state index in [1.54, 1.807) is 12.1 Å². The average Bonchev–Trinajstić information content (AvgIpc) is 2.36. The molecule has 1 saturated heterocycles. The summed E-state index contributed by atoms with van der Waals surface area (Å²) < 4.78 is 13.6. The van der Waals surface area contributed by atoms with Crippen molar-refractivity contribution in [2.45, 2.75) is 32.4 Å². The highest BCUT2D eigenvalue weighted by atomic mass is 79.9. The number of hydrogen-bond donors (Lipinski definition) is 1. The SMILES string of the molecule is CC1CC(C(=O)O)CCN1Cc1ccc(F)c(Br)c1. The van der Waals surface area contributed by atoms with Gasteiger partial charge in [-0.3, -0.25) is 9.69 Å². The fourth-order valence-electron chi connectivity index (χ4n) is 2.55. The van der Waals surface area contributed by atoms with E-state index in [1.807, 2.05) is 6.92 Å². The summed E-state index contributed by atoms with van der Waals surface area (Å²) in [5.74, 6) is -1.19. The topological polar surface area (TPSA) is 40.5 Å². The molecule has 3 nitrogen and oxygen atoms in total. The lowest BCUT2D eigenvalue weighted by molar-refractivity contribution is -0.144. The predicted octanol–water partition coefficient (Wildman–Crippen LogP) is 3.27. The van der Waals surface area contributed by atoms with E-state index in [-0.39, 0.29) is 17.8 Å². The molecule has 1 N–H and O–H groups in total. The molecular weight excluding hydrogens is 313 g/mol. The largest absolute Gasteiger partial charge is 0.481 e. The number of hydrogen-bond acceptors (Lipinski definition) is 2. The molecule has 1 aliphatic rings. The van der Waals surface area contributed by atoms with Crippen molar-refractivity contribution in [2.24, 2.45) is 5.92 Å². The maximum atomic E-state index is 13.2. The molecule has 5 heteroatoms. The van der Waals surface area contributed by atoms with Crippen LogP contribution in [0, 0.1) is 11.7 Å². The molecule has 1 aliphatic heterocycles. The van der Waals surface area contributed by atoms with Crippen molar-refractivity contribution in [3.05, 3.63) is 34.1 Å². The van der Waals surface area contributed by atoms with Crippen LogP contribution in [0.25, 0.3) is 0 Å². The van der Waals surface area contributed by atoms with Crippen LogP contribution < -0.4 is 0 Å². The number of benzene rings is 1. The Morgan fingerprint density at radius 3 is 2.89 bits per heavy atom. The number of nitrogens with zero attached hydrogens (tertiary/aromatic N) is 1. The van der Waals surface area contributed by atoms with Crippen molar-refractivity contribution in [3.8, 4) is 0 Å². The molecule has 0 spiro atoms. The summed E-state index contributed by atoms with van der Waals surface area (Å²) in [5, 5.41) is 9.03. The number of carbonyl (C=O) groups is 1. The smallest absolute Gasteiger partial charge is 0.306 e. The van der Waals surface area contributed by atoms with E-state index in [4.69, 9.17) is 5.11 Å². The van der Waals surface area contributed by atoms with Gasteiger partial charge in [-0.15, -0.1) is 0 Å². The van der Waals surface area contributed by atoms with E-state index in [0.717, 1.165) is 18.7 Å². The summed E-state index contributed by atoms with van der Waals surface area (Å²) in [7, 11) is 0. The van der Waals surface area contributed by atoms with E-state index >= 15 is 0 Å². The lowest BCUT2D eigenvalue weighted by Gasteiger charge is -2.36. The molecule has 1 aromatic rings. The molecule has 2 unspecified atom stereocenters. The average molecular weight is 330 g/mol. The standard InChI is InChI=1S/C14H17BrFNO2/c1-9-6-11(14(18)19)4-5-17(9)8-10-2-3-13(16)12(15)7-10/h2-3,7,9,11H,4-6,8H2,1H3,(H,18,19). The molecule has 0 amide bonds. The predicted molar refractivity (Wildman–Crippen MR) is 74.3 cm³/mol. The molecule has 1 aromatic carbocycles. The quantitative estimate of drug-likeness (QED) is 0.925. The van der Waals surface area contributed by atoms with Crippen molar-refractivity contribution in [1.29, 1.82) is 0 Å². The third kappa shape index (κ3) is 3.54. The molecule has 0 aliphatic carbocycles. The molecule has 2 rings (SSSR count). The summed E-state index contributed by atoms with van der Waals surface area (Å²) in [4.78, 5) is 13.2. The fraction of sp³-hybridized carbons (Fsp3) is 0.500. The number of aliphatic carboxylic acids is 1. The molecule has 2 atom stereocenters. The lowest BCUT2D eigenvalue weighted by atomic mass is 9.91. The van der Waals surface area contributed by atoms with Gasteiger partial charge in [-0.05, 0) is 59.9 Å². The first kappa shape index (κ1) is 14.5. The van der Waals surface area contributed by atoms with Crippen LogP contribution in [0.4, 0.5) is 4.39 Å². The molecule has 0 radical (unpaired) electrons. The maximum Gasteiger partial charge on any atom is 0.306 e. The Morgan fingerprint density at radius 2 is 2.32 bits per heavy atom. The Hall–Kier alpha value is -0.940. The lowest BCUT2D eigenvalue weighted by Crippen LogP contribution is -2.42. The zero-order valence-corrected chi connectivity index (χ0v) is 12.4. The minimum absolute atomic E-state index is 0.230. The van der Waals surface area contributed by atoms with Crippen LogP contribution in [0.1, 0.15) is 25.3 Å².